The van der Waals surface area contributed by atoms with Gasteiger partial charge < -0.3 is 15.5 Å². The van der Waals surface area contributed by atoms with Crippen LogP contribution in [0.25, 0.3) is 0 Å². The summed E-state index contributed by atoms with van der Waals surface area (Å²) in [6, 6.07) is 8.86. The van der Waals surface area contributed by atoms with Gasteiger partial charge in [-0.2, -0.15) is 0 Å². The molecule has 28 heavy (non-hydrogen) atoms. The van der Waals surface area contributed by atoms with Crippen LogP contribution in [-0.4, -0.2) is 74.0 Å². The third kappa shape index (κ3) is 8.30. The van der Waals surface area contributed by atoms with Crippen LogP contribution in [0.3, 0.4) is 0 Å². The Labute approximate surface area is 171 Å². The lowest BCUT2D eigenvalue weighted by atomic mass is 10.1. The zero-order chi connectivity index (χ0) is 21.1. The Kier molecular flexibility index (Phi) is 10.6. The number of carbonyl (C=O) groups is 1. The molecule has 1 rings (SSSR count). The van der Waals surface area contributed by atoms with E-state index in [1.807, 2.05) is 18.2 Å². The van der Waals surface area contributed by atoms with Gasteiger partial charge in [-0.15, -0.1) is 0 Å². The van der Waals surface area contributed by atoms with Crippen molar-refractivity contribution in [1.29, 1.82) is 0 Å². The predicted molar refractivity (Wildman–Crippen MR) is 119 cm³/mol. The summed E-state index contributed by atoms with van der Waals surface area (Å²) in [5.41, 5.74) is 1.87. The molecule has 0 aliphatic heterocycles. The minimum absolute atomic E-state index is 0.0320. The molecule has 1 aromatic carbocycles. The van der Waals surface area contributed by atoms with Crippen molar-refractivity contribution >= 4 is 11.9 Å². The first-order valence-corrected chi connectivity index (χ1v) is 10.3. The van der Waals surface area contributed by atoms with Crippen LogP contribution in [0, 0.1) is 0 Å². The van der Waals surface area contributed by atoms with Gasteiger partial charge in [-0.1, -0.05) is 12.1 Å². The van der Waals surface area contributed by atoms with Gasteiger partial charge in [0.25, 0.3) is 5.91 Å². The quantitative estimate of drug-likeness (QED) is 0.477. The molecular weight excluding hydrogens is 350 g/mol. The van der Waals surface area contributed by atoms with Crippen molar-refractivity contribution in [2.75, 3.05) is 40.3 Å². The van der Waals surface area contributed by atoms with E-state index in [1.54, 1.807) is 19.0 Å². The Morgan fingerprint density at radius 3 is 2.36 bits per heavy atom. The summed E-state index contributed by atoms with van der Waals surface area (Å²) in [5, 5.41) is 6.70. The molecule has 0 saturated carbocycles. The van der Waals surface area contributed by atoms with Crippen molar-refractivity contribution in [2.45, 2.75) is 53.1 Å². The second-order valence-corrected chi connectivity index (χ2v) is 7.76. The van der Waals surface area contributed by atoms with Gasteiger partial charge in [0.15, 0.2) is 5.96 Å². The SMILES string of the molecule is CCNC(=NCCN(C(C)C)C(C)C)NCCc1cccc(C(=O)N(C)C)c1. The largest absolute Gasteiger partial charge is 0.357 e. The van der Waals surface area contributed by atoms with Crippen LogP contribution in [-0.2, 0) is 6.42 Å². The fourth-order valence-electron chi connectivity index (χ4n) is 3.18. The van der Waals surface area contributed by atoms with Crippen molar-refractivity contribution in [3.63, 3.8) is 0 Å². The van der Waals surface area contributed by atoms with Crippen LogP contribution < -0.4 is 10.6 Å². The second-order valence-electron chi connectivity index (χ2n) is 7.76. The number of nitrogens with one attached hydrogen (secondary N) is 2. The van der Waals surface area contributed by atoms with Gasteiger partial charge in [-0.25, -0.2) is 0 Å². The molecular formula is C22H39N5O. The molecule has 0 aliphatic rings. The Hall–Kier alpha value is -2.08. The Morgan fingerprint density at radius 2 is 1.79 bits per heavy atom. The van der Waals surface area contributed by atoms with Crippen LogP contribution in [0.2, 0.25) is 0 Å². The normalized spacial score (nSPS) is 12.0. The molecule has 0 spiro atoms. The van der Waals surface area contributed by atoms with E-state index >= 15 is 0 Å². The van der Waals surface area contributed by atoms with E-state index in [9.17, 15) is 4.79 Å². The first kappa shape index (κ1) is 24.0. The maximum absolute atomic E-state index is 12.1. The van der Waals surface area contributed by atoms with E-state index in [4.69, 9.17) is 4.99 Å². The number of aliphatic imine (C=N–C) groups is 1. The van der Waals surface area contributed by atoms with Crippen molar-refractivity contribution < 1.29 is 4.79 Å². The molecule has 6 heteroatoms. The highest BCUT2D eigenvalue weighted by Gasteiger charge is 2.12. The maximum Gasteiger partial charge on any atom is 0.253 e. The van der Waals surface area contributed by atoms with Crippen LogP contribution in [0.15, 0.2) is 29.3 Å². The lowest BCUT2D eigenvalue weighted by Gasteiger charge is -2.29. The van der Waals surface area contributed by atoms with Gasteiger partial charge in [0.2, 0.25) is 0 Å². The van der Waals surface area contributed by atoms with Gasteiger partial charge in [0.1, 0.15) is 0 Å². The van der Waals surface area contributed by atoms with Crippen molar-refractivity contribution in [2.24, 2.45) is 4.99 Å². The van der Waals surface area contributed by atoms with E-state index in [0.717, 1.165) is 49.7 Å². The molecule has 1 amide bonds. The average molecular weight is 390 g/mol. The van der Waals surface area contributed by atoms with E-state index in [0.29, 0.717) is 12.1 Å². The molecule has 0 fully saturated rings. The summed E-state index contributed by atoms with van der Waals surface area (Å²) in [5.74, 6) is 0.875. The van der Waals surface area contributed by atoms with Gasteiger partial charge in [-0.3, -0.25) is 14.7 Å². The van der Waals surface area contributed by atoms with E-state index < -0.39 is 0 Å². The number of hydrogen-bond acceptors (Lipinski definition) is 3. The standard InChI is InChI=1S/C22H39N5O/c1-8-23-22(25-14-15-27(17(2)3)18(4)5)24-13-12-19-10-9-11-20(16-19)21(28)26(6)7/h9-11,16-18H,8,12-15H2,1-7H3,(H2,23,24,25). The molecule has 2 N–H and O–H groups in total. The smallest absolute Gasteiger partial charge is 0.253 e. The molecule has 0 unspecified atom stereocenters. The molecule has 0 radical (unpaired) electrons. The summed E-state index contributed by atoms with van der Waals surface area (Å²) in [4.78, 5) is 20.9. The summed E-state index contributed by atoms with van der Waals surface area (Å²) < 4.78 is 0. The third-order valence-corrected chi connectivity index (χ3v) is 4.59. The van der Waals surface area contributed by atoms with Crippen LogP contribution in [0.5, 0.6) is 0 Å². The summed E-state index contributed by atoms with van der Waals surface area (Å²) >= 11 is 0. The summed E-state index contributed by atoms with van der Waals surface area (Å²) in [6.45, 7) is 14.3. The lowest BCUT2D eigenvalue weighted by Crippen LogP contribution is -2.41. The fourth-order valence-corrected chi connectivity index (χ4v) is 3.18. The summed E-state index contributed by atoms with van der Waals surface area (Å²) in [6.07, 6.45) is 0.836. The molecule has 0 atom stereocenters. The Morgan fingerprint density at radius 1 is 1.11 bits per heavy atom. The van der Waals surface area contributed by atoms with Gasteiger partial charge >= 0.3 is 0 Å². The predicted octanol–water partition coefficient (Wildman–Crippen LogP) is 2.60. The van der Waals surface area contributed by atoms with Gasteiger partial charge in [0, 0.05) is 51.4 Å². The fraction of sp³-hybridized carbons (Fsp3) is 0.636. The summed E-state index contributed by atoms with van der Waals surface area (Å²) in [7, 11) is 3.55. The highest BCUT2D eigenvalue weighted by atomic mass is 16.2. The topological polar surface area (TPSA) is 60.0 Å². The molecule has 158 valence electrons. The zero-order valence-corrected chi connectivity index (χ0v) is 18.7. The third-order valence-electron chi connectivity index (χ3n) is 4.59. The minimum Gasteiger partial charge on any atom is -0.357 e. The monoisotopic (exact) mass is 389 g/mol. The molecule has 0 bridgehead atoms. The second kappa shape index (κ2) is 12.4. The van der Waals surface area contributed by atoms with Crippen molar-refractivity contribution in [3.8, 4) is 0 Å². The number of benzene rings is 1. The lowest BCUT2D eigenvalue weighted by molar-refractivity contribution is 0.0827. The first-order chi connectivity index (χ1) is 13.3. The zero-order valence-electron chi connectivity index (χ0n) is 18.7. The number of guanidine groups is 1. The molecule has 6 nitrogen and oxygen atoms in total. The minimum atomic E-state index is 0.0320. The number of rotatable bonds is 10. The average Bonchev–Trinajstić information content (AvgIpc) is 2.64. The van der Waals surface area contributed by atoms with E-state index in [2.05, 4.69) is 56.2 Å². The molecule has 0 aliphatic carbocycles. The van der Waals surface area contributed by atoms with Crippen LogP contribution in [0.4, 0.5) is 0 Å². The van der Waals surface area contributed by atoms with E-state index in [1.165, 1.54) is 0 Å². The van der Waals surface area contributed by atoms with Crippen LogP contribution >= 0.6 is 0 Å². The maximum atomic E-state index is 12.1. The number of amides is 1. The molecule has 0 heterocycles. The number of nitrogens with zero attached hydrogens (tertiary/aromatic N) is 3. The molecule has 1 aromatic rings. The van der Waals surface area contributed by atoms with Gasteiger partial charge in [-0.05, 0) is 58.7 Å². The van der Waals surface area contributed by atoms with E-state index in [-0.39, 0.29) is 5.91 Å². The Bertz CT molecular complexity index is 617. The number of carbonyl (C=O) groups excluding carboxylic acids is 1. The molecule has 0 saturated heterocycles. The Balaban J connectivity index is 2.59. The van der Waals surface area contributed by atoms with Crippen molar-refractivity contribution in [3.05, 3.63) is 35.4 Å². The highest BCUT2D eigenvalue weighted by molar-refractivity contribution is 5.94. The number of hydrogen-bond donors (Lipinski definition) is 2. The van der Waals surface area contributed by atoms with Crippen LogP contribution in [0.1, 0.15) is 50.5 Å². The highest BCUT2D eigenvalue weighted by Crippen LogP contribution is 2.08. The van der Waals surface area contributed by atoms with Gasteiger partial charge in [0.05, 0.1) is 6.54 Å². The van der Waals surface area contributed by atoms with Crippen molar-refractivity contribution in [1.82, 2.24) is 20.4 Å². The first-order valence-electron chi connectivity index (χ1n) is 10.3. The molecule has 0 aromatic heterocycles.